The molecule has 4 aromatic heterocycles. The third-order valence-electron chi connectivity index (χ3n) is 10.2. The molecule has 10 aromatic rings. The minimum atomic E-state index is 0.731. The number of aromatic nitrogens is 4. The van der Waals surface area contributed by atoms with Crippen LogP contribution in [0.4, 0.5) is 0 Å². The van der Waals surface area contributed by atoms with Gasteiger partial charge in [0, 0.05) is 48.8 Å². The molecule has 230 valence electrons. The summed E-state index contributed by atoms with van der Waals surface area (Å²) in [5, 5.41) is 7.33. The lowest BCUT2D eigenvalue weighted by atomic mass is 10.0. The smallest absolute Gasteiger partial charge is 0.235 e. The zero-order valence-electron chi connectivity index (χ0n) is 26.5. The maximum absolute atomic E-state index is 5.53. The summed E-state index contributed by atoms with van der Waals surface area (Å²) >= 11 is 1.78. The molecule has 0 saturated carbocycles. The Bertz CT molecular complexity index is 3000. The first-order chi connectivity index (χ1) is 24.3. The van der Waals surface area contributed by atoms with Crippen molar-refractivity contribution in [2.45, 2.75) is 12.8 Å². The van der Waals surface area contributed by atoms with Gasteiger partial charge in [0.25, 0.3) is 0 Å². The van der Waals surface area contributed by atoms with Crippen molar-refractivity contribution in [1.82, 2.24) is 19.1 Å². The summed E-state index contributed by atoms with van der Waals surface area (Å²) in [5.74, 6) is 0.731. The summed E-state index contributed by atoms with van der Waals surface area (Å²) in [4.78, 5) is 11.0. The van der Waals surface area contributed by atoms with Gasteiger partial charge >= 0.3 is 0 Å². The topological polar surface area (TPSA) is 35.6 Å². The summed E-state index contributed by atoms with van der Waals surface area (Å²) in [6, 6.07) is 48.1. The van der Waals surface area contributed by atoms with Crippen LogP contribution in [0.2, 0.25) is 0 Å². The number of nitrogens with zero attached hydrogens (tertiary/aromatic N) is 4. The maximum atomic E-state index is 5.53. The number of fused-ring (bicyclic) bond motifs is 10. The molecule has 0 saturated heterocycles. The number of rotatable bonds is 3. The molecule has 5 heteroatoms. The van der Waals surface area contributed by atoms with E-state index in [1.165, 1.54) is 59.3 Å². The number of hydrogen-bond donors (Lipinski definition) is 0. The second-order valence-electron chi connectivity index (χ2n) is 12.9. The lowest BCUT2D eigenvalue weighted by Crippen LogP contribution is -2.08. The van der Waals surface area contributed by atoms with Crippen molar-refractivity contribution in [2.24, 2.45) is 0 Å². The highest BCUT2D eigenvalue weighted by atomic mass is 32.1. The molecule has 1 aliphatic rings. The molecule has 0 N–H and O–H groups in total. The van der Waals surface area contributed by atoms with Crippen molar-refractivity contribution >= 4 is 81.2 Å². The predicted molar refractivity (Wildman–Crippen MR) is 206 cm³/mol. The van der Waals surface area contributed by atoms with Gasteiger partial charge in [0.2, 0.25) is 5.95 Å². The molecule has 4 nitrogen and oxygen atoms in total. The van der Waals surface area contributed by atoms with Crippen molar-refractivity contribution in [1.29, 1.82) is 0 Å². The summed E-state index contributed by atoms with van der Waals surface area (Å²) in [6.45, 7) is 0. The van der Waals surface area contributed by atoms with Crippen LogP contribution < -0.4 is 0 Å². The van der Waals surface area contributed by atoms with E-state index in [2.05, 4.69) is 155 Å². The minimum absolute atomic E-state index is 0.731. The van der Waals surface area contributed by atoms with Gasteiger partial charge in [-0.3, -0.25) is 4.57 Å². The van der Waals surface area contributed by atoms with Crippen LogP contribution in [0.5, 0.6) is 0 Å². The van der Waals surface area contributed by atoms with E-state index in [1.807, 2.05) is 0 Å². The average Bonchev–Trinajstić information content (AvgIpc) is 3.81. The van der Waals surface area contributed by atoms with Crippen LogP contribution in [0.25, 0.3) is 92.8 Å². The summed E-state index contributed by atoms with van der Waals surface area (Å²) in [6.07, 6.45) is 6.54. The van der Waals surface area contributed by atoms with Crippen LogP contribution >= 0.6 is 11.3 Å². The van der Waals surface area contributed by atoms with Gasteiger partial charge in [0.05, 0.1) is 32.5 Å². The molecular weight excluding hydrogens is 617 g/mol. The van der Waals surface area contributed by atoms with Crippen LogP contribution in [-0.2, 0) is 6.42 Å². The van der Waals surface area contributed by atoms with Gasteiger partial charge in [-0.15, -0.1) is 11.3 Å². The molecule has 0 amide bonds. The molecule has 0 spiro atoms. The van der Waals surface area contributed by atoms with Crippen LogP contribution in [-0.4, -0.2) is 19.1 Å². The number of hydrogen-bond acceptors (Lipinski definition) is 3. The van der Waals surface area contributed by atoms with Crippen LogP contribution in [0.3, 0.4) is 0 Å². The van der Waals surface area contributed by atoms with E-state index in [0.29, 0.717) is 0 Å². The van der Waals surface area contributed by atoms with E-state index in [1.54, 1.807) is 11.3 Å². The first-order valence-corrected chi connectivity index (χ1v) is 17.6. The summed E-state index contributed by atoms with van der Waals surface area (Å²) in [7, 11) is 0. The highest BCUT2D eigenvalue weighted by molar-refractivity contribution is 7.26. The normalized spacial score (nSPS) is 13.1. The molecule has 11 rings (SSSR count). The van der Waals surface area contributed by atoms with Gasteiger partial charge < -0.3 is 4.57 Å². The average molecular weight is 645 g/mol. The molecule has 0 fully saturated rings. The largest absolute Gasteiger partial charge is 0.309 e. The Morgan fingerprint density at radius 2 is 1.33 bits per heavy atom. The molecule has 0 unspecified atom stereocenters. The second-order valence-corrected chi connectivity index (χ2v) is 14.0. The predicted octanol–water partition coefficient (Wildman–Crippen LogP) is 11.7. The van der Waals surface area contributed by atoms with E-state index in [-0.39, 0.29) is 0 Å². The fourth-order valence-corrected chi connectivity index (χ4v) is 9.14. The lowest BCUT2D eigenvalue weighted by molar-refractivity contribution is 0.853. The molecular formula is C44H28N4S. The van der Waals surface area contributed by atoms with Crippen molar-refractivity contribution in [3.8, 4) is 22.9 Å². The zero-order chi connectivity index (χ0) is 32.1. The van der Waals surface area contributed by atoms with Gasteiger partial charge in [0.1, 0.15) is 0 Å². The molecule has 49 heavy (non-hydrogen) atoms. The van der Waals surface area contributed by atoms with E-state index in [0.717, 1.165) is 51.5 Å². The number of allylic oxidation sites excluding steroid dienone is 1. The number of para-hydroxylation sites is 2. The van der Waals surface area contributed by atoms with E-state index < -0.39 is 0 Å². The van der Waals surface area contributed by atoms with Crippen LogP contribution in [0.15, 0.2) is 140 Å². The molecule has 1 aliphatic carbocycles. The second kappa shape index (κ2) is 10.2. The highest BCUT2D eigenvalue weighted by Gasteiger charge is 2.24. The van der Waals surface area contributed by atoms with Crippen molar-refractivity contribution in [3.63, 3.8) is 0 Å². The fraction of sp³-hybridized carbons (Fsp3) is 0.0455. The standard InChI is InChI=1S/C44H28N4S/c1-2-14-30(15-3-1)47-36-19-9-6-16-31(36)34-25-29(22-23-38(34)47)41-43-42(33-18-8-11-21-40(33)49-43)46-44(45-41)48-37-20-10-7-17-32(37)35-24-27-12-4-5-13-28(27)26-39(35)48/h1-9,11-19,21-26H,10,20H2. The molecule has 6 aromatic carbocycles. The Balaban J connectivity index is 1.23. The Kier molecular flexibility index (Phi) is 5.63. The SMILES string of the molecule is C1=Cc2c(n(-c3nc(-c4ccc5c(c4)c4ccccc4n5-c4ccccc4)c4sc5ccccc5c4n3)c3cc4ccccc4cc23)CC1. The molecule has 4 heterocycles. The van der Waals surface area contributed by atoms with Crippen molar-refractivity contribution < 1.29 is 0 Å². The minimum Gasteiger partial charge on any atom is -0.309 e. The summed E-state index contributed by atoms with van der Waals surface area (Å²) in [5.41, 5.74) is 10.3. The van der Waals surface area contributed by atoms with Gasteiger partial charge in [0.15, 0.2) is 0 Å². The number of thiophene rings is 1. The molecule has 0 bridgehead atoms. The van der Waals surface area contributed by atoms with Gasteiger partial charge in [-0.05, 0) is 72.1 Å². The van der Waals surface area contributed by atoms with Gasteiger partial charge in [-0.25, -0.2) is 9.97 Å². The Morgan fingerprint density at radius 1 is 0.571 bits per heavy atom. The van der Waals surface area contributed by atoms with E-state index >= 15 is 0 Å². The van der Waals surface area contributed by atoms with Crippen LogP contribution in [0.1, 0.15) is 17.7 Å². The molecule has 0 radical (unpaired) electrons. The van der Waals surface area contributed by atoms with Crippen LogP contribution in [0, 0.1) is 0 Å². The Morgan fingerprint density at radius 3 is 2.22 bits per heavy atom. The highest BCUT2D eigenvalue weighted by Crippen LogP contribution is 2.42. The van der Waals surface area contributed by atoms with E-state index in [9.17, 15) is 0 Å². The first-order valence-electron chi connectivity index (χ1n) is 16.8. The monoisotopic (exact) mass is 644 g/mol. The van der Waals surface area contributed by atoms with Gasteiger partial charge in [-0.2, -0.15) is 0 Å². The fourth-order valence-electron chi connectivity index (χ4n) is 7.98. The number of benzene rings is 6. The molecule has 0 aliphatic heterocycles. The molecule has 0 atom stereocenters. The van der Waals surface area contributed by atoms with Crippen molar-refractivity contribution in [2.75, 3.05) is 0 Å². The van der Waals surface area contributed by atoms with Gasteiger partial charge in [-0.1, -0.05) is 97.1 Å². The summed E-state index contributed by atoms with van der Waals surface area (Å²) < 4.78 is 7.05. The third kappa shape index (κ3) is 3.91. The quantitative estimate of drug-likeness (QED) is 0.192. The maximum Gasteiger partial charge on any atom is 0.235 e. The Labute approximate surface area is 285 Å². The zero-order valence-corrected chi connectivity index (χ0v) is 27.3. The van der Waals surface area contributed by atoms with Crippen molar-refractivity contribution in [3.05, 3.63) is 151 Å². The first kappa shape index (κ1) is 27.0. The third-order valence-corrected chi connectivity index (χ3v) is 11.3. The Hall–Kier alpha value is -6.04. The van der Waals surface area contributed by atoms with E-state index in [4.69, 9.17) is 9.97 Å². The lowest BCUT2D eigenvalue weighted by Gasteiger charge is -2.14.